The van der Waals surface area contributed by atoms with E-state index < -0.39 is 30.2 Å². The molecule has 0 saturated heterocycles. The second kappa shape index (κ2) is 8.74. The zero-order chi connectivity index (χ0) is 14.9. The molecule has 0 bridgehead atoms. The Morgan fingerprint density at radius 1 is 1.32 bits per heavy atom. The third kappa shape index (κ3) is 8.42. The van der Waals surface area contributed by atoms with E-state index in [0.717, 1.165) is 12.8 Å². The summed E-state index contributed by atoms with van der Waals surface area (Å²) < 4.78 is 9.91. The van der Waals surface area contributed by atoms with Crippen molar-refractivity contribution < 1.29 is 24.2 Å². The van der Waals surface area contributed by atoms with Crippen LogP contribution in [0.5, 0.6) is 0 Å². The Hall–Kier alpha value is -1.30. The molecule has 0 aliphatic heterocycles. The van der Waals surface area contributed by atoms with E-state index in [-0.39, 0.29) is 6.61 Å². The molecule has 0 aromatic rings. The molecule has 0 rings (SSSR count). The van der Waals surface area contributed by atoms with E-state index in [4.69, 9.17) is 14.6 Å². The first-order valence-corrected chi connectivity index (χ1v) is 6.53. The Bertz CT molecular complexity index is 285. The third-order valence-corrected chi connectivity index (χ3v) is 2.29. The number of carbonyl (C=O) groups excluding carboxylic acids is 2. The van der Waals surface area contributed by atoms with Crippen LogP contribution in [0.4, 0.5) is 4.79 Å². The Balaban J connectivity index is 4.01. The second-order valence-corrected chi connectivity index (χ2v) is 5.34. The highest BCUT2D eigenvalue weighted by molar-refractivity contribution is 5.75. The van der Waals surface area contributed by atoms with Gasteiger partial charge in [0.15, 0.2) is 6.10 Å². The number of esters is 1. The number of hydrogen-bond donors (Lipinski definition) is 2. The van der Waals surface area contributed by atoms with Crippen molar-refractivity contribution in [3.05, 3.63) is 0 Å². The maximum absolute atomic E-state index is 11.5. The van der Waals surface area contributed by atoms with Crippen LogP contribution in [0.1, 0.15) is 40.5 Å². The van der Waals surface area contributed by atoms with Crippen LogP contribution in [-0.2, 0) is 14.3 Å². The minimum absolute atomic E-state index is 0.145. The van der Waals surface area contributed by atoms with Gasteiger partial charge in [0.2, 0.25) is 0 Å². The van der Waals surface area contributed by atoms with E-state index in [2.05, 4.69) is 5.32 Å². The van der Waals surface area contributed by atoms with Crippen molar-refractivity contribution in [3.63, 3.8) is 0 Å². The number of unbranched alkanes of at least 4 members (excludes halogenated alkanes) is 1. The fourth-order valence-corrected chi connectivity index (χ4v) is 1.07. The number of carbonyl (C=O) groups is 2. The molecule has 0 aliphatic carbocycles. The van der Waals surface area contributed by atoms with Crippen molar-refractivity contribution in [2.45, 2.75) is 46.6 Å². The molecule has 0 aromatic carbocycles. The van der Waals surface area contributed by atoms with Gasteiger partial charge in [-0.15, -0.1) is 0 Å². The van der Waals surface area contributed by atoms with Gasteiger partial charge in [0.25, 0.3) is 0 Å². The van der Waals surface area contributed by atoms with Crippen LogP contribution >= 0.6 is 0 Å². The number of aliphatic hydroxyl groups excluding tert-OH is 1. The molecule has 0 saturated carbocycles. The molecule has 0 heterocycles. The lowest BCUT2D eigenvalue weighted by Gasteiger charge is -2.20. The minimum atomic E-state index is -0.840. The van der Waals surface area contributed by atoms with Gasteiger partial charge in [-0.05, 0) is 27.2 Å². The molecule has 6 nitrogen and oxygen atoms in total. The summed E-state index contributed by atoms with van der Waals surface area (Å²) in [4.78, 5) is 22.9. The van der Waals surface area contributed by atoms with Crippen LogP contribution < -0.4 is 5.32 Å². The lowest BCUT2D eigenvalue weighted by atomic mass is 9.97. The van der Waals surface area contributed by atoms with Crippen LogP contribution in [0.15, 0.2) is 0 Å². The molecule has 0 fully saturated rings. The molecule has 1 atom stereocenters. The van der Waals surface area contributed by atoms with Gasteiger partial charge in [-0.2, -0.15) is 0 Å². The highest BCUT2D eigenvalue weighted by Crippen LogP contribution is 2.15. The highest BCUT2D eigenvalue weighted by Gasteiger charge is 2.25. The first-order chi connectivity index (χ1) is 8.81. The Morgan fingerprint density at radius 2 is 1.95 bits per heavy atom. The van der Waals surface area contributed by atoms with Crippen LogP contribution in [0.2, 0.25) is 0 Å². The summed E-state index contributed by atoms with van der Waals surface area (Å²) >= 11 is 0. The normalized spacial score (nSPS) is 12.7. The van der Waals surface area contributed by atoms with E-state index >= 15 is 0 Å². The first-order valence-electron chi connectivity index (χ1n) is 6.53. The average Bonchev–Trinajstić information content (AvgIpc) is 2.33. The first kappa shape index (κ1) is 17.7. The molecule has 19 heavy (non-hydrogen) atoms. The van der Waals surface area contributed by atoms with Gasteiger partial charge in [0.05, 0.1) is 12.0 Å². The second-order valence-electron chi connectivity index (χ2n) is 5.34. The molecule has 2 N–H and O–H groups in total. The Labute approximate surface area is 114 Å². The van der Waals surface area contributed by atoms with Crippen molar-refractivity contribution in [1.29, 1.82) is 0 Å². The van der Waals surface area contributed by atoms with Gasteiger partial charge in [-0.3, -0.25) is 4.79 Å². The van der Waals surface area contributed by atoms with Gasteiger partial charge < -0.3 is 19.9 Å². The molecule has 0 aliphatic rings. The monoisotopic (exact) mass is 275 g/mol. The quantitative estimate of drug-likeness (QED) is 0.543. The third-order valence-electron chi connectivity index (χ3n) is 2.29. The number of amides is 1. The van der Waals surface area contributed by atoms with Crippen molar-refractivity contribution in [2.75, 3.05) is 19.8 Å². The van der Waals surface area contributed by atoms with Crippen LogP contribution in [-0.4, -0.2) is 43.0 Å². The van der Waals surface area contributed by atoms with E-state index in [1.165, 1.54) is 0 Å². The minimum Gasteiger partial charge on any atom is -0.461 e. The van der Waals surface area contributed by atoms with E-state index in [0.29, 0.717) is 6.54 Å². The van der Waals surface area contributed by atoms with Gasteiger partial charge in [0, 0.05) is 6.54 Å². The number of hydrogen-bond acceptors (Lipinski definition) is 5. The van der Waals surface area contributed by atoms with Crippen molar-refractivity contribution >= 4 is 12.1 Å². The van der Waals surface area contributed by atoms with Crippen LogP contribution in [0.25, 0.3) is 0 Å². The van der Waals surface area contributed by atoms with Crippen LogP contribution in [0, 0.1) is 5.41 Å². The lowest BCUT2D eigenvalue weighted by molar-refractivity contribution is -0.156. The van der Waals surface area contributed by atoms with Crippen molar-refractivity contribution in [1.82, 2.24) is 5.32 Å². The van der Waals surface area contributed by atoms with Crippen molar-refractivity contribution in [3.8, 4) is 0 Å². The maximum Gasteiger partial charge on any atom is 0.407 e. The van der Waals surface area contributed by atoms with Gasteiger partial charge in [0.1, 0.15) is 6.61 Å². The number of nitrogens with one attached hydrogen (secondary N) is 1. The fourth-order valence-electron chi connectivity index (χ4n) is 1.07. The molecular weight excluding hydrogens is 250 g/mol. The Morgan fingerprint density at radius 3 is 2.42 bits per heavy atom. The zero-order valence-corrected chi connectivity index (χ0v) is 12.2. The lowest BCUT2D eigenvalue weighted by Crippen LogP contribution is -2.35. The highest BCUT2D eigenvalue weighted by atomic mass is 16.6. The summed E-state index contributed by atoms with van der Waals surface area (Å²) in [6.07, 6.45) is 0.373. The van der Waals surface area contributed by atoms with Gasteiger partial charge in [-0.1, -0.05) is 13.3 Å². The molecule has 0 radical (unpaired) electrons. The molecule has 1 amide bonds. The summed E-state index contributed by atoms with van der Waals surface area (Å²) in [5.74, 6) is -0.402. The predicted molar refractivity (Wildman–Crippen MR) is 70.7 cm³/mol. The number of rotatable bonds is 7. The number of ether oxygens (including phenoxy) is 2. The summed E-state index contributed by atoms with van der Waals surface area (Å²) in [7, 11) is 0. The summed E-state index contributed by atoms with van der Waals surface area (Å²) in [5.41, 5.74) is -0.622. The molecule has 0 spiro atoms. The predicted octanol–water partition coefficient (Wildman–Crippen LogP) is 1.46. The standard InChI is InChI=1S/C13H25NO5/c1-5-6-7-14-12(17)19-10(8-15)9-18-11(16)13(2,3)4/h10,15H,5-9H2,1-4H3,(H,14,17). The molecular formula is C13H25NO5. The number of aliphatic hydroxyl groups is 1. The molecule has 0 aromatic heterocycles. The molecule has 6 heteroatoms. The topological polar surface area (TPSA) is 84.9 Å². The van der Waals surface area contributed by atoms with E-state index in [1.54, 1.807) is 20.8 Å². The summed E-state index contributed by atoms with van der Waals surface area (Å²) in [5, 5.41) is 11.6. The van der Waals surface area contributed by atoms with Gasteiger partial charge in [-0.25, -0.2) is 4.79 Å². The van der Waals surface area contributed by atoms with Crippen LogP contribution in [0.3, 0.4) is 0 Å². The molecule has 112 valence electrons. The maximum atomic E-state index is 11.5. The largest absolute Gasteiger partial charge is 0.461 e. The van der Waals surface area contributed by atoms with E-state index in [9.17, 15) is 9.59 Å². The smallest absolute Gasteiger partial charge is 0.407 e. The number of alkyl carbamates (subject to hydrolysis) is 1. The summed E-state index contributed by atoms with van der Waals surface area (Å²) in [6, 6.07) is 0. The zero-order valence-electron chi connectivity index (χ0n) is 12.2. The van der Waals surface area contributed by atoms with Crippen molar-refractivity contribution in [2.24, 2.45) is 5.41 Å². The fraction of sp³-hybridized carbons (Fsp3) is 0.846. The summed E-state index contributed by atoms with van der Waals surface area (Å²) in [6.45, 7) is 7.17. The SMILES string of the molecule is CCCCNC(=O)OC(CO)COC(=O)C(C)(C)C. The Kier molecular flexibility index (Phi) is 8.14. The molecule has 1 unspecified atom stereocenters. The average molecular weight is 275 g/mol. The van der Waals surface area contributed by atoms with Gasteiger partial charge >= 0.3 is 12.1 Å². The van der Waals surface area contributed by atoms with E-state index in [1.807, 2.05) is 6.92 Å².